The average Bonchev–Trinajstić information content (AvgIpc) is 2.85. The van der Waals surface area contributed by atoms with Gasteiger partial charge in [0.25, 0.3) is 0 Å². The molecular weight excluding hydrogens is 351 g/mol. The Morgan fingerprint density at radius 2 is 1.39 bits per heavy atom. The van der Waals surface area contributed by atoms with Crippen LogP contribution in [0, 0.1) is 6.92 Å². The molecule has 28 heavy (non-hydrogen) atoms. The number of hydrogen-bond donors (Lipinski definition) is 0. The number of aryl methyl sites for hydroxylation is 1. The Morgan fingerprint density at radius 1 is 0.786 bits per heavy atom. The van der Waals surface area contributed by atoms with Gasteiger partial charge in [0.15, 0.2) is 11.6 Å². The van der Waals surface area contributed by atoms with Crippen molar-refractivity contribution in [2.24, 2.45) is 0 Å². The van der Waals surface area contributed by atoms with E-state index in [1.807, 2.05) is 71.0 Å². The summed E-state index contributed by atoms with van der Waals surface area (Å²) in [6, 6.07) is 14.6. The molecule has 1 saturated heterocycles. The maximum Gasteiger partial charge on any atom is 0.499 e. The number of carbonyl (C=O) groups is 2. The highest BCUT2D eigenvalue weighted by atomic mass is 16.7. The van der Waals surface area contributed by atoms with E-state index in [0.29, 0.717) is 22.3 Å². The molecule has 0 unspecified atom stereocenters. The summed E-state index contributed by atoms with van der Waals surface area (Å²) in [5.41, 5.74) is 1.90. The first-order valence-corrected chi connectivity index (χ1v) is 9.48. The fraction of sp³-hybridized carbons (Fsp3) is 0.304. The molecule has 0 aromatic heterocycles. The summed E-state index contributed by atoms with van der Waals surface area (Å²) < 4.78 is 12.3. The Hall–Kier alpha value is -2.50. The van der Waals surface area contributed by atoms with Gasteiger partial charge in [-0.05, 0) is 46.2 Å². The molecule has 0 amide bonds. The molecule has 5 heteroatoms. The van der Waals surface area contributed by atoms with Gasteiger partial charge in [-0.2, -0.15) is 0 Å². The van der Waals surface area contributed by atoms with E-state index in [1.165, 1.54) is 0 Å². The standard InChI is InChI=1S/C23H23BO4/c1-14-11-12-16-17(13-14)20(25)18(15-9-7-6-8-10-15)19(21(16)26)24-27-22(2,3)23(4,5)28-24/h6-13H,1-5H3. The lowest BCUT2D eigenvalue weighted by atomic mass is 9.65. The normalized spacial score (nSPS) is 20.5. The number of rotatable bonds is 2. The van der Waals surface area contributed by atoms with Crippen molar-refractivity contribution in [2.75, 3.05) is 0 Å². The van der Waals surface area contributed by atoms with E-state index in [-0.39, 0.29) is 17.0 Å². The molecule has 0 N–H and O–H groups in total. The molecule has 4 nitrogen and oxygen atoms in total. The first-order chi connectivity index (χ1) is 13.1. The number of hydrogen-bond acceptors (Lipinski definition) is 4. The Morgan fingerprint density at radius 3 is 2.00 bits per heavy atom. The van der Waals surface area contributed by atoms with Crippen LogP contribution < -0.4 is 0 Å². The lowest BCUT2D eigenvalue weighted by Gasteiger charge is -2.32. The summed E-state index contributed by atoms with van der Waals surface area (Å²) in [6.07, 6.45) is 0. The van der Waals surface area contributed by atoms with Crippen molar-refractivity contribution < 1.29 is 18.9 Å². The molecule has 1 fully saturated rings. The minimum Gasteiger partial charge on any atom is -0.399 e. The summed E-state index contributed by atoms with van der Waals surface area (Å²) >= 11 is 0. The maximum absolute atomic E-state index is 13.5. The molecule has 0 saturated carbocycles. The third-order valence-electron chi connectivity index (χ3n) is 5.96. The monoisotopic (exact) mass is 374 g/mol. The Kier molecular flexibility index (Phi) is 4.21. The van der Waals surface area contributed by atoms with Crippen molar-refractivity contribution in [2.45, 2.75) is 45.8 Å². The van der Waals surface area contributed by atoms with Gasteiger partial charge < -0.3 is 9.31 Å². The minimum absolute atomic E-state index is 0.172. The van der Waals surface area contributed by atoms with E-state index >= 15 is 0 Å². The highest BCUT2D eigenvalue weighted by molar-refractivity contribution is 6.69. The van der Waals surface area contributed by atoms with Crippen LogP contribution in [0.5, 0.6) is 0 Å². The Balaban J connectivity index is 1.95. The molecule has 1 heterocycles. The van der Waals surface area contributed by atoms with Gasteiger partial charge in [-0.3, -0.25) is 9.59 Å². The van der Waals surface area contributed by atoms with E-state index in [4.69, 9.17) is 9.31 Å². The van der Waals surface area contributed by atoms with Crippen LogP contribution >= 0.6 is 0 Å². The number of allylic oxidation sites excluding steroid dienone is 2. The summed E-state index contributed by atoms with van der Waals surface area (Å²) in [5.74, 6) is -0.388. The smallest absolute Gasteiger partial charge is 0.399 e. The molecule has 142 valence electrons. The number of fused-ring (bicyclic) bond motifs is 1. The predicted molar refractivity (Wildman–Crippen MR) is 109 cm³/mol. The SMILES string of the molecule is Cc1ccc2c(c1)C(=O)C(c1ccccc1)=C(B1OC(C)(C)C(C)(C)O1)C2=O. The number of benzene rings is 2. The summed E-state index contributed by atoms with van der Waals surface area (Å²) in [7, 11) is -0.897. The zero-order valence-electron chi connectivity index (χ0n) is 16.8. The zero-order chi connectivity index (χ0) is 20.3. The van der Waals surface area contributed by atoms with E-state index in [2.05, 4.69) is 0 Å². The first-order valence-electron chi connectivity index (χ1n) is 9.48. The van der Waals surface area contributed by atoms with Crippen LogP contribution in [0.1, 0.15) is 59.5 Å². The van der Waals surface area contributed by atoms with E-state index in [1.54, 1.807) is 12.1 Å². The zero-order valence-corrected chi connectivity index (χ0v) is 16.8. The average molecular weight is 374 g/mol. The molecule has 2 aliphatic rings. The van der Waals surface area contributed by atoms with Gasteiger partial charge in [-0.15, -0.1) is 0 Å². The van der Waals surface area contributed by atoms with Crippen LogP contribution in [0.4, 0.5) is 0 Å². The molecule has 0 atom stereocenters. The van der Waals surface area contributed by atoms with Gasteiger partial charge in [-0.25, -0.2) is 0 Å². The second kappa shape index (κ2) is 6.26. The van der Waals surface area contributed by atoms with Crippen LogP contribution in [0.25, 0.3) is 5.57 Å². The number of carbonyl (C=O) groups excluding carboxylic acids is 2. The van der Waals surface area contributed by atoms with E-state index in [0.717, 1.165) is 5.56 Å². The number of Topliss-reactive ketones (excluding diaryl/α,β-unsaturated/α-hetero) is 2. The van der Waals surface area contributed by atoms with Gasteiger partial charge in [0.1, 0.15) is 0 Å². The third-order valence-corrected chi connectivity index (χ3v) is 5.96. The number of ketones is 2. The van der Waals surface area contributed by atoms with Crippen LogP contribution in [-0.4, -0.2) is 29.9 Å². The lowest BCUT2D eigenvalue weighted by Crippen LogP contribution is -2.41. The van der Waals surface area contributed by atoms with E-state index < -0.39 is 18.3 Å². The molecule has 0 spiro atoms. The Bertz CT molecular complexity index is 1000. The van der Waals surface area contributed by atoms with Gasteiger partial charge in [0.2, 0.25) is 0 Å². The molecule has 1 aliphatic heterocycles. The quantitative estimate of drug-likeness (QED) is 0.729. The molecule has 2 aromatic carbocycles. The molecule has 0 bridgehead atoms. The van der Waals surface area contributed by atoms with Crippen molar-refractivity contribution in [3.63, 3.8) is 0 Å². The lowest BCUT2D eigenvalue weighted by molar-refractivity contribution is 0.00578. The summed E-state index contributed by atoms with van der Waals surface area (Å²) in [4.78, 5) is 27.0. The topological polar surface area (TPSA) is 52.6 Å². The molecule has 0 radical (unpaired) electrons. The summed E-state index contributed by atoms with van der Waals surface area (Å²) in [6.45, 7) is 9.64. The van der Waals surface area contributed by atoms with Gasteiger partial charge in [0.05, 0.1) is 11.2 Å². The van der Waals surface area contributed by atoms with Crippen molar-refractivity contribution in [1.82, 2.24) is 0 Å². The first kappa shape index (κ1) is 18.8. The van der Waals surface area contributed by atoms with Crippen molar-refractivity contribution in [3.05, 3.63) is 76.3 Å². The molecular formula is C23H23BO4. The van der Waals surface area contributed by atoms with Crippen molar-refractivity contribution >= 4 is 24.3 Å². The highest BCUT2D eigenvalue weighted by Gasteiger charge is 2.55. The van der Waals surface area contributed by atoms with Gasteiger partial charge in [-0.1, -0.05) is 48.0 Å². The second-order valence-electron chi connectivity index (χ2n) is 8.45. The fourth-order valence-electron chi connectivity index (χ4n) is 3.64. The van der Waals surface area contributed by atoms with E-state index in [9.17, 15) is 9.59 Å². The Labute approximate surface area is 165 Å². The predicted octanol–water partition coefficient (Wildman–Crippen LogP) is 4.46. The van der Waals surface area contributed by atoms with Gasteiger partial charge >= 0.3 is 7.12 Å². The van der Waals surface area contributed by atoms with Crippen LogP contribution in [0.15, 0.2) is 54.0 Å². The van der Waals surface area contributed by atoms with Crippen LogP contribution in [0.3, 0.4) is 0 Å². The summed E-state index contributed by atoms with van der Waals surface area (Å²) in [5, 5.41) is 0. The molecule has 4 rings (SSSR count). The minimum atomic E-state index is -0.897. The molecule has 1 aliphatic carbocycles. The molecule has 2 aromatic rings. The van der Waals surface area contributed by atoms with Crippen molar-refractivity contribution in [3.8, 4) is 0 Å². The van der Waals surface area contributed by atoms with Gasteiger partial charge in [0, 0.05) is 22.2 Å². The van der Waals surface area contributed by atoms with Crippen LogP contribution in [0.2, 0.25) is 0 Å². The van der Waals surface area contributed by atoms with Crippen LogP contribution in [-0.2, 0) is 9.31 Å². The highest BCUT2D eigenvalue weighted by Crippen LogP contribution is 2.43. The van der Waals surface area contributed by atoms with Crippen molar-refractivity contribution in [1.29, 1.82) is 0 Å². The largest absolute Gasteiger partial charge is 0.499 e. The third kappa shape index (κ3) is 2.77. The second-order valence-corrected chi connectivity index (χ2v) is 8.45. The fourth-order valence-corrected chi connectivity index (χ4v) is 3.64. The maximum atomic E-state index is 13.5.